The molecule has 4 aromatic rings. The van der Waals surface area contributed by atoms with Crippen molar-refractivity contribution in [1.82, 2.24) is 14.5 Å². The molecule has 8 heteroatoms. The van der Waals surface area contributed by atoms with E-state index in [0.29, 0.717) is 12.4 Å². The SMILES string of the molecule is CCc1cc(O)ccc1N=C(N)c1cnn2cc(-c3c(C)cccc3CCCN(C)C)cc2c1N[C@H]1CCOC1. The fourth-order valence-electron chi connectivity index (χ4n) is 5.48. The zero-order valence-corrected chi connectivity index (χ0v) is 23.9. The van der Waals surface area contributed by atoms with Gasteiger partial charge in [-0.25, -0.2) is 9.51 Å². The topological polar surface area (TPSA) is 100 Å². The molecule has 0 amide bonds. The van der Waals surface area contributed by atoms with E-state index in [-0.39, 0.29) is 11.8 Å². The van der Waals surface area contributed by atoms with Crippen LogP contribution in [0.4, 0.5) is 11.4 Å². The number of benzene rings is 2. The number of phenolic OH excluding ortho intramolecular Hbond substituents is 1. The lowest BCUT2D eigenvalue weighted by Crippen LogP contribution is -2.24. The van der Waals surface area contributed by atoms with E-state index < -0.39 is 0 Å². The summed E-state index contributed by atoms with van der Waals surface area (Å²) in [6, 6.07) is 14.1. The Labute approximate surface area is 236 Å². The lowest BCUT2D eigenvalue weighted by atomic mass is 9.94. The summed E-state index contributed by atoms with van der Waals surface area (Å²) in [5.74, 6) is 0.596. The minimum atomic E-state index is 0.177. The van der Waals surface area contributed by atoms with Gasteiger partial charge in [0.05, 0.1) is 41.3 Å². The van der Waals surface area contributed by atoms with Gasteiger partial charge in [0, 0.05) is 18.4 Å². The third kappa shape index (κ3) is 5.98. The fourth-order valence-corrected chi connectivity index (χ4v) is 5.48. The van der Waals surface area contributed by atoms with Gasteiger partial charge in [-0.3, -0.25) is 0 Å². The monoisotopic (exact) mass is 540 g/mol. The normalized spacial score (nSPS) is 15.8. The molecule has 210 valence electrons. The molecule has 5 rings (SSSR count). The van der Waals surface area contributed by atoms with Gasteiger partial charge in [-0.15, -0.1) is 0 Å². The van der Waals surface area contributed by atoms with Crippen molar-refractivity contribution in [3.05, 3.63) is 77.1 Å². The number of rotatable bonds is 10. The first-order valence-electron chi connectivity index (χ1n) is 14.1. The largest absolute Gasteiger partial charge is 0.508 e. The third-order valence-electron chi connectivity index (χ3n) is 7.58. The number of phenols is 1. The predicted molar refractivity (Wildman–Crippen MR) is 163 cm³/mol. The van der Waals surface area contributed by atoms with Crippen LogP contribution in [0.1, 0.15) is 42.0 Å². The van der Waals surface area contributed by atoms with Crippen LogP contribution in [0.15, 0.2) is 59.9 Å². The fraction of sp³-hybridized carbons (Fsp3) is 0.375. The molecule has 1 fully saturated rings. The molecule has 0 saturated carbocycles. The van der Waals surface area contributed by atoms with Crippen LogP contribution in [0.25, 0.3) is 16.6 Å². The van der Waals surface area contributed by atoms with Crippen molar-refractivity contribution in [2.24, 2.45) is 10.7 Å². The molecule has 4 N–H and O–H groups in total. The number of aryl methyl sites for hydroxylation is 3. The number of fused-ring (bicyclic) bond motifs is 1. The highest BCUT2D eigenvalue weighted by Crippen LogP contribution is 2.34. The van der Waals surface area contributed by atoms with Crippen LogP contribution in [-0.4, -0.2) is 65.4 Å². The third-order valence-corrected chi connectivity index (χ3v) is 7.58. The van der Waals surface area contributed by atoms with E-state index in [4.69, 9.17) is 20.6 Å². The Balaban J connectivity index is 1.60. The number of nitrogens with one attached hydrogen (secondary N) is 1. The summed E-state index contributed by atoms with van der Waals surface area (Å²) in [4.78, 5) is 7.01. The number of nitrogens with two attached hydrogens (primary N) is 1. The molecule has 0 spiro atoms. The van der Waals surface area contributed by atoms with Gasteiger partial charge in [-0.2, -0.15) is 5.10 Å². The van der Waals surface area contributed by atoms with Gasteiger partial charge in [0.15, 0.2) is 0 Å². The number of ether oxygens (including phenoxy) is 1. The molecule has 1 aliphatic heterocycles. The maximum Gasteiger partial charge on any atom is 0.135 e. The van der Waals surface area contributed by atoms with E-state index in [1.165, 1.54) is 16.7 Å². The Bertz CT molecular complexity index is 1520. The molecular formula is C32H40N6O2. The number of nitrogens with zero attached hydrogens (tertiary/aromatic N) is 4. The number of aromatic hydroxyl groups is 1. The van der Waals surface area contributed by atoms with Gasteiger partial charge in [-0.05, 0) is 99.8 Å². The first-order chi connectivity index (χ1) is 19.3. The maximum atomic E-state index is 9.93. The second kappa shape index (κ2) is 12.1. The number of hydrogen-bond acceptors (Lipinski definition) is 6. The molecule has 8 nitrogen and oxygen atoms in total. The van der Waals surface area contributed by atoms with Crippen molar-refractivity contribution in [2.45, 2.75) is 45.6 Å². The highest BCUT2D eigenvalue weighted by Gasteiger charge is 2.22. The molecule has 40 heavy (non-hydrogen) atoms. The summed E-state index contributed by atoms with van der Waals surface area (Å²) in [6.07, 6.45) is 7.65. The lowest BCUT2D eigenvalue weighted by Gasteiger charge is -2.17. The average molecular weight is 541 g/mol. The molecule has 2 aromatic heterocycles. The van der Waals surface area contributed by atoms with Gasteiger partial charge in [0.25, 0.3) is 0 Å². The van der Waals surface area contributed by atoms with Crippen LogP contribution in [0.5, 0.6) is 5.75 Å². The van der Waals surface area contributed by atoms with Crippen molar-refractivity contribution in [3.63, 3.8) is 0 Å². The number of amidine groups is 1. The van der Waals surface area contributed by atoms with Crippen LogP contribution < -0.4 is 11.1 Å². The van der Waals surface area contributed by atoms with Gasteiger partial charge in [0.2, 0.25) is 0 Å². The molecule has 0 bridgehead atoms. The number of aromatic nitrogens is 2. The summed E-state index contributed by atoms with van der Waals surface area (Å²) >= 11 is 0. The van der Waals surface area contributed by atoms with E-state index in [1.54, 1.807) is 24.4 Å². The predicted octanol–water partition coefficient (Wildman–Crippen LogP) is 5.31. The number of anilines is 1. The Morgan fingerprint density at radius 1 is 1.23 bits per heavy atom. The molecule has 0 unspecified atom stereocenters. The molecule has 1 saturated heterocycles. The zero-order chi connectivity index (χ0) is 28.2. The van der Waals surface area contributed by atoms with Gasteiger partial charge < -0.3 is 25.8 Å². The highest BCUT2D eigenvalue weighted by molar-refractivity contribution is 6.06. The summed E-state index contributed by atoms with van der Waals surface area (Å²) in [6.45, 7) is 6.64. The van der Waals surface area contributed by atoms with Crippen molar-refractivity contribution >= 4 is 22.7 Å². The minimum Gasteiger partial charge on any atom is -0.508 e. The molecule has 0 radical (unpaired) electrons. The van der Waals surface area contributed by atoms with Crippen LogP contribution in [0.3, 0.4) is 0 Å². The first-order valence-corrected chi connectivity index (χ1v) is 14.1. The Kier molecular flexibility index (Phi) is 8.38. The Morgan fingerprint density at radius 3 is 2.83 bits per heavy atom. The smallest absolute Gasteiger partial charge is 0.135 e. The van der Waals surface area contributed by atoms with Crippen molar-refractivity contribution in [3.8, 4) is 16.9 Å². The van der Waals surface area contributed by atoms with E-state index in [0.717, 1.165) is 72.4 Å². The molecule has 0 aliphatic carbocycles. The molecule has 1 atom stereocenters. The summed E-state index contributed by atoms with van der Waals surface area (Å²) < 4.78 is 7.59. The molecule has 3 heterocycles. The highest BCUT2D eigenvalue weighted by atomic mass is 16.5. The quantitative estimate of drug-likeness (QED) is 0.186. The maximum absolute atomic E-state index is 9.93. The van der Waals surface area contributed by atoms with Crippen LogP contribution in [0.2, 0.25) is 0 Å². The van der Waals surface area contributed by atoms with E-state index in [1.807, 2.05) is 11.4 Å². The van der Waals surface area contributed by atoms with Gasteiger partial charge in [-0.1, -0.05) is 25.1 Å². The van der Waals surface area contributed by atoms with E-state index in [2.05, 4.69) is 61.7 Å². The lowest BCUT2D eigenvalue weighted by molar-refractivity contribution is 0.195. The van der Waals surface area contributed by atoms with E-state index in [9.17, 15) is 5.11 Å². The average Bonchev–Trinajstić information content (AvgIpc) is 3.60. The van der Waals surface area contributed by atoms with Gasteiger partial charge in [0.1, 0.15) is 11.6 Å². The van der Waals surface area contributed by atoms with Crippen molar-refractivity contribution in [2.75, 3.05) is 39.2 Å². The van der Waals surface area contributed by atoms with Crippen LogP contribution in [0, 0.1) is 6.92 Å². The van der Waals surface area contributed by atoms with Crippen molar-refractivity contribution < 1.29 is 9.84 Å². The molecular weight excluding hydrogens is 500 g/mol. The Hall–Kier alpha value is -3.88. The minimum absolute atomic E-state index is 0.177. The van der Waals surface area contributed by atoms with Gasteiger partial charge >= 0.3 is 0 Å². The van der Waals surface area contributed by atoms with Crippen molar-refractivity contribution in [1.29, 1.82) is 0 Å². The number of aliphatic imine (C=N–C) groups is 1. The molecule has 1 aliphatic rings. The van der Waals surface area contributed by atoms with E-state index >= 15 is 0 Å². The second-order valence-electron chi connectivity index (χ2n) is 10.9. The summed E-state index contributed by atoms with van der Waals surface area (Å²) in [5.41, 5.74) is 15.9. The molecule has 2 aromatic carbocycles. The Morgan fingerprint density at radius 2 is 2.08 bits per heavy atom. The zero-order valence-electron chi connectivity index (χ0n) is 23.9. The number of hydrogen-bond donors (Lipinski definition) is 3. The standard InChI is InChI=1S/C32H40N6O2/c1-5-22-16-26(39)11-12-28(22)36-32(33)27-18-34-38-19-24(17-29(38)31(27)35-25-13-15-40-20-25)30-21(2)8-6-9-23(30)10-7-14-37(3)4/h6,8-9,11-12,16-19,25,35,39H,5,7,10,13-15,20H2,1-4H3,(H2,33,36)/t25-/m0/s1. The first kappa shape index (κ1) is 27.7. The second-order valence-corrected chi connectivity index (χ2v) is 10.9. The summed E-state index contributed by atoms with van der Waals surface area (Å²) in [7, 11) is 4.23. The summed E-state index contributed by atoms with van der Waals surface area (Å²) in [5, 5.41) is 18.4. The van der Waals surface area contributed by atoms with Crippen LogP contribution >= 0.6 is 0 Å². The van der Waals surface area contributed by atoms with Crippen LogP contribution in [-0.2, 0) is 17.6 Å².